The van der Waals surface area contributed by atoms with Crippen molar-refractivity contribution < 1.29 is 34.4 Å². The maximum absolute atomic E-state index is 11.1. The van der Waals surface area contributed by atoms with Crippen LogP contribution in [-0.2, 0) is 19.1 Å². The molecule has 35 heavy (non-hydrogen) atoms. The Balaban J connectivity index is -0.000000769. The number of unbranched alkanes of at least 4 members (excludes halogenated alkanes) is 8. The lowest BCUT2D eigenvalue weighted by Crippen LogP contribution is -2.08. The number of esters is 2. The Morgan fingerprint density at radius 2 is 1.43 bits per heavy atom. The molecule has 0 spiro atoms. The molecule has 3 N–H and O–H groups in total. The van der Waals surface area contributed by atoms with Gasteiger partial charge in [0.25, 0.3) is 0 Å². The summed E-state index contributed by atoms with van der Waals surface area (Å²) in [7, 11) is 0. The molecule has 206 valence electrons. The molecule has 0 aromatic heterocycles. The Morgan fingerprint density at radius 3 is 1.97 bits per heavy atom. The first-order chi connectivity index (χ1) is 16.9. The summed E-state index contributed by atoms with van der Waals surface area (Å²) in [6.07, 6.45) is 20.6. The fraction of sp³-hybridized carbons (Fsp3) is 0.714. The molecule has 0 amide bonds. The van der Waals surface area contributed by atoms with Crippen LogP contribution in [0.2, 0.25) is 0 Å². The Hall–Kier alpha value is -1.80. The standard InChI is InChI=1S/C20H36O4.C6H10O.C2H6O2/c1-3-4-5-12-15-19(22)16-13-10-8-6-7-9-11-14-17-20(23)24-18(2)21;1-3-5-7-6-4-2;3-1-2-4/h10,13,19,22H,3-9,11-12,14-17H2,1-2H3;3-4H,1-2,5-6H2;3-4H,1-2H2/b13-10-;;/t19-;;/m1../s1. The van der Waals surface area contributed by atoms with Crippen LogP contribution < -0.4 is 0 Å². The van der Waals surface area contributed by atoms with Crippen LogP contribution >= 0.6 is 0 Å². The number of hydrogen-bond donors (Lipinski definition) is 3. The molecule has 0 rings (SSSR count). The molecule has 0 aliphatic heterocycles. The SMILES string of the molecule is C=CCOCC=C.CCCCCC[C@@H](O)C/C=C\CCCCCCCC(=O)OC(C)=O.OCCO. The summed E-state index contributed by atoms with van der Waals surface area (Å²) in [4.78, 5) is 21.7. The molecular weight excluding hydrogens is 448 g/mol. The summed E-state index contributed by atoms with van der Waals surface area (Å²) >= 11 is 0. The molecule has 0 radical (unpaired) electrons. The highest BCUT2D eigenvalue weighted by Crippen LogP contribution is 2.10. The molecule has 0 aliphatic carbocycles. The first kappa shape index (κ1) is 37.7. The van der Waals surface area contributed by atoms with Gasteiger partial charge in [-0.3, -0.25) is 9.59 Å². The Kier molecular flexibility index (Phi) is 37.1. The van der Waals surface area contributed by atoms with Crippen molar-refractivity contribution in [3.63, 3.8) is 0 Å². The number of hydrogen-bond acceptors (Lipinski definition) is 7. The minimum absolute atomic E-state index is 0.125. The summed E-state index contributed by atoms with van der Waals surface area (Å²) in [6.45, 7) is 11.4. The van der Waals surface area contributed by atoms with Crippen molar-refractivity contribution in [1.82, 2.24) is 0 Å². The number of carbonyl (C=O) groups is 2. The number of aliphatic hydroxyl groups excluding tert-OH is 3. The number of rotatable bonds is 20. The maximum Gasteiger partial charge on any atom is 0.313 e. The molecule has 0 fully saturated rings. The topological polar surface area (TPSA) is 113 Å². The second-order valence-electron chi connectivity index (χ2n) is 8.04. The second kappa shape index (κ2) is 34.4. The molecule has 0 saturated carbocycles. The van der Waals surface area contributed by atoms with Crippen molar-refractivity contribution in [3.8, 4) is 0 Å². The van der Waals surface area contributed by atoms with Gasteiger partial charge >= 0.3 is 11.9 Å². The highest BCUT2D eigenvalue weighted by atomic mass is 16.6. The lowest BCUT2D eigenvalue weighted by Gasteiger charge is -2.07. The van der Waals surface area contributed by atoms with Gasteiger partial charge < -0.3 is 24.8 Å². The number of allylic oxidation sites excluding steroid dienone is 1. The molecule has 7 nitrogen and oxygen atoms in total. The minimum atomic E-state index is -0.530. The lowest BCUT2D eigenvalue weighted by molar-refractivity contribution is -0.158. The van der Waals surface area contributed by atoms with Crippen LogP contribution in [-0.4, -0.2) is 59.8 Å². The third-order valence-corrected chi connectivity index (χ3v) is 4.55. The van der Waals surface area contributed by atoms with Crippen LogP contribution in [0.5, 0.6) is 0 Å². The van der Waals surface area contributed by atoms with Gasteiger partial charge in [-0.05, 0) is 32.1 Å². The molecule has 0 bridgehead atoms. The van der Waals surface area contributed by atoms with E-state index in [0.717, 1.165) is 57.8 Å². The molecule has 0 aromatic rings. The van der Waals surface area contributed by atoms with Crippen molar-refractivity contribution in [2.45, 2.75) is 103 Å². The van der Waals surface area contributed by atoms with Crippen LogP contribution in [0.15, 0.2) is 37.5 Å². The fourth-order valence-electron chi connectivity index (χ4n) is 2.80. The predicted molar refractivity (Wildman–Crippen MR) is 143 cm³/mol. The van der Waals surface area contributed by atoms with Crippen LogP contribution in [0.1, 0.15) is 97.3 Å². The predicted octanol–water partition coefficient (Wildman–Crippen LogP) is 5.43. The third kappa shape index (κ3) is 42.8. The summed E-state index contributed by atoms with van der Waals surface area (Å²) in [5.74, 6) is -0.948. The second-order valence-corrected chi connectivity index (χ2v) is 8.04. The van der Waals surface area contributed by atoms with Gasteiger partial charge in [0.2, 0.25) is 0 Å². The molecule has 0 aromatic carbocycles. The monoisotopic (exact) mass is 500 g/mol. The summed E-state index contributed by atoms with van der Waals surface area (Å²) in [5, 5.41) is 25.1. The largest absolute Gasteiger partial charge is 0.394 e. The zero-order chi connectivity index (χ0) is 27.0. The van der Waals surface area contributed by atoms with E-state index < -0.39 is 11.9 Å². The van der Waals surface area contributed by atoms with Gasteiger partial charge in [0, 0.05) is 13.3 Å². The molecule has 1 atom stereocenters. The van der Waals surface area contributed by atoms with Crippen molar-refractivity contribution in [3.05, 3.63) is 37.5 Å². The van der Waals surface area contributed by atoms with E-state index in [9.17, 15) is 14.7 Å². The van der Waals surface area contributed by atoms with Gasteiger partial charge in [0.1, 0.15) is 0 Å². The fourth-order valence-corrected chi connectivity index (χ4v) is 2.80. The van der Waals surface area contributed by atoms with Crippen molar-refractivity contribution in [2.24, 2.45) is 0 Å². The van der Waals surface area contributed by atoms with Crippen molar-refractivity contribution >= 4 is 11.9 Å². The van der Waals surface area contributed by atoms with E-state index in [0.29, 0.717) is 19.6 Å². The molecule has 0 saturated heterocycles. The first-order valence-corrected chi connectivity index (χ1v) is 12.9. The molecule has 0 heterocycles. The average Bonchev–Trinajstić information content (AvgIpc) is 2.83. The summed E-state index contributed by atoms with van der Waals surface area (Å²) in [5.41, 5.74) is 0. The summed E-state index contributed by atoms with van der Waals surface area (Å²) < 4.78 is 9.37. The minimum Gasteiger partial charge on any atom is -0.394 e. The van der Waals surface area contributed by atoms with Gasteiger partial charge in [0.15, 0.2) is 0 Å². The molecule has 7 heteroatoms. The Bertz CT molecular complexity index is 494. The number of carbonyl (C=O) groups excluding carboxylic acids is 2. The van der Waals surface area contributed by atoms with Gasteiger partial charge in [-0.1, -0.05) is 76.2 Å². The van der Waals surface area contributed by atoms with Crippen LogP contribution in [0.3, 0.4) is 0 Å². The van der Waals surface area contributed by atoms with E-state index in [1.807, 2.05) is 0 Å². The van der Waals surface area contributed by atoms with Crippen LogP contribution in [0.25, 0.3) is 0 Å². The first-order valence-electron chi connectivity index (χ1n) is 12.9. The average molecular weight is 501 g/mol. The van der Waals surface area contributed by atoms with Gasteiger partial charge in [-0.15, -0.1) is 13.2 Å². The van der Waals surface area contributed by atoms with Crippen LogP contribution in [0.4, 0.5) is 0 Å². The van der Waals surface area contributed by atoms with Gasteiger partial charge in [-0.2, -0.15) is 0 Å². The van der Waals surface area contributed by atoms with Gasteiger partial charge in [0.05, 0.1) is 32.5 Å². The number of ether oxygens (including phenoxy) is 2. The number of aliphatic hydroxyl groups is 3. The highest BCUT2D eigenvalue weighted by molar-refractivity contribution is 5.83. The van der Waals surface area contributed by atoms with E-state index in [2.05, 4.69) is 37.0 Å². The Labute approximate surface area is 213 Å². The van der Waals surface area contributed by atoms with E-state index in [4.69, 9.17) is 14.9 Å². The highest BCUT2D eigenvalue weighted by Gasteiger charge is 2.05. The van der Waals surface area contributed by atoms with Crippen molar-refractivity contribution in [2.75, 3.05) is 26.4 Å². The van der Waals surface area contributed by atoms with E-state index >= 15 is 0 Å². The smallest absolute Gasteiger partial charge is 0.313 e. The maximum atomic E-state index is 11.1. The van der Waals surface area contributed by atoms with Gasteiger partial charge in [-0.25, -0.2) is 0 Å². The zero-order valence-corrected chi connectivity index (χ0v) is 22.3. The zero-order valence-electron chi connectivity index (χ0n) is 22.3. The normalized spacial score (nSPS) is 11.0. The molecule has 0 aliphatic rings. The van der Waals surface area contributed by atoms with E-state index in [1.165, 1.54) is 26.2 Å². The third-order valence-electron chi connectivity index (χ3n) is 4.55. The lowest BCUT2D eigenvalue weighted by atomic mass is 10.1. The van der Waals surface area contributed by atoms with E-state index in [-0.39, 0.29) is 19.3 Å². The van der Waals surface area contributed by atoms with Crippen molar-refractivity contribution in [1.29, 1.82) is 0 Å². The summed E-state index contributed by atoms with van der Waals surface area (Å²) in [6, 6.07) is 0. The molecule has 0 unspecified atom stereocenters. The Morgan fingerprint density at radius 1 is 0.857 bits per heavy atom. The van der Waals surface area contributed by atoms with Crippen LogP contribution in [0, 0.1) is 0 Å². The van der Waals surface area contributed by atoms with E-state index in [1.54, 1.807) is 12.2 Å². The molecular formula is C28H52O7. The quantitative estimate of drug-likeness (QED) is 0.0884.